The van der Waals surface area contributed by atoms with Crippen LogP contribution in [-0.4, -0.2) is 7.05 Å². The van der Waals surface area contributed by atoms with Gasteiger partial charge in [0.15, 0.2) is 0 Å². The van der Waals surface area contributed by atoms with Crippen LogP contribution in [0.5, 0.6) is 0 Å². The number of hydrogen-bond donors (Lipinski definition) is 1. The third kappa shape index (κ3) is 1.61. The molecule has 1 aromatic rings. The summed E-state index contributed by atoms with van der Waals surface area (Å²) in [6.07, 6.45) is 0. The van der Waals surface area contributed by atoms with Gasteiger partial charge in [-0.15, -0.1) is 0 Å². The van der Waals surface area contributed by atoms with E-state index in [0.29, 0.717) is 0 Å². The fourth-order valence-electron chi connectivity index (χ4n) is 0.686. The van der Waals surface area contributed by atoms with Crippen LogP contribution >= 0.6 is 11.3 Å². The first-order valence-corrected chi connectivity index (χ1v) is 3.75. The van der Waals surface area contributed by atoms with E-state index in [1.807, 2.05) is 7.05 Å². The Labute approximate surface area is 71.3 Å². The van der Waals surface area contributed by atoms with Crippen LogP contribution in [0.2, 0.25) is 0 Å². The topological polar surface area (TPSA) is 15.9 Å². The van der Waals surface area contributed by atoms with E-state index in [-0.39, 0.29) is 12.4 Å². The molecule has 0 aliphatic rings. The molecule has 1 rings (SSSR count). The number of rotatable bonds is 1. The molecular weight excluding hydrogens is 168 g/mol. The normalized spacial score (nSPS) is 8.70. The van der Waals surface area contributed by atoms with E-state index in [0.717, 1.165) is 0 Å². The van der Waals surface area contributed by atoms with E-state index < -0.39 is 0 Å². The molecule has 0 fully saturated rings. The number of hydrogen-bond acceptors (Lipinski definition) is 2. The van der Waals surface area contributed by atoms with Gasteiger partial charge in [0.2, 0.25) is 0 Å². The van der Waals surface area contributed by atoms with Crippen molar-refractivity contribution in [3.05, 3.63) is 11.1 Å². The van der Waals surface area contributed by atoms with E-state index in [1.165, 1.54) is 10.8 Å². The molecule has 2 nitrogen and oxygen atoms in total. The van der Waals surface area contributed by atoms with E-state index in [2.05, 4.69) is 29.2 Å². The molecule has 10 heavy (non-hydrogen) atoms. The molecule has 0 bridgehead atoms. The average molecular weight is 179 g/mol. The van der Waals surface area contributed by atoms with Crippen molar-refractivity contribution in [2.24, 2.45) is 7.05 Å². The second-order valence-electron chi connectivity index (χ2n) is 1.99. The standard InChI is InChI=1S/C6H10N2S.ClH/c1-5-4-9-6(7-2)8(5)3;/h4H,1-3H3;1H. The van der Waals surface area contributed by atoms with Gasteiger partial charge in [-0.1, -0.05) is 11.3 Å². The van der Waals surface area contributed by atoms with Gasteiger partial charge in [-0.05, 0) is 6.92 Å². The van der Waals surface area contributed by atoms with Crippen molar-refractivity contribution in [3.8, 4) is 0 Å². The summed E-state index contributed by atoms with van der Waals surface area (Å²) in [5.41, 5.74) is 1.30. The first kappa shape index (κ1) is 9.72. The lowest BCUT2D eigenvalue weighted by atomic mass is 10.6. The van der Waals surface area contributed by atoms with Gasteiger partial charge in [0.25, 0.3) is 0 Å². The molecule has 0 spiro atoms. The van der Waals surface area contributed by atoms with Crippen LogP contribution < -0.4 is 22.3 Å². The molecule has 0 unspecified atom stereocenters. The fraction of sp³-hybridized carbons (Fsp3) is 0.500. The van der Waals surface area contributed by atoms with Crippen LogP contribution in [0.4, 0.5) is 5.13 Å². The van der Waals surface area contributed by atoms with E-state index >= 15 is 0 Å². The molecule has 0 aliphatic carbocycles. The van der Waals surface area contributed by atoms with Crippen molar-refractivity contribution >= 4 is 16.5 Å². The highest BCUT2D eigenvalue weighted by Crippen LogP contribution is 2.09. The third-order valence-corrected chi connectivity index (χ3v) is 2.55. The molecule has 1 aromatic heterocycles. The molecule has 0 aromatic carbocycles. The fourth-order valence-corrected chi connectivity index (χ4v) is 1.55. The summed E-state index contributed by atoms with van der Waals surface area (Å²) in [4.78, 5) is 0. The summed E-state index contributed by atoms with van der Waals surface area (Å²) >= 11 is 1.73. The lowest BCUT2D eigenvalue weighted by molar-refractivity contribution is -0.659. The Balaban J connectivity index is 0.000000810. The zero-order valence-electron chi connectivity index (χ0n) is 6.31. The number of nitrogens with zero attached hydrogens (tertiary/aromatic N) is 1. The van der Waals surface area contributed by atoms with Crippen molar-refractivity contribution < 1.29 is 17.0 Å². The molecular formula is C6H11ClN2S. The lowest BCUT2D eigenvalue weighted by Crippen LogP contribution is -3.00. The quantitative estimate of drug-likeness (QED) is 0.489. The Bertz CT molecular complexity index is 210. The molecule has 0 aliphatic heterocycles. The SMILES string of the molecule is CNc1scc(C)[n+]1C.[Cl-]. The van der Waals surface area contributed by atoms with Gasteiger partial charge in [-0.25, -0.2) is 4.57 Å². The number of aromatic nitrogens is 1. The highest BCUT2D eigenvalue weighted by molar-refractivity contribution is 7.13. The van der Waals surface area contributed by atoms with Gasteiger partial charge >= 0.3 is 5.13 Å². The monoisotopic (exact) mass is 178 g/mol. The van der Waals surface area contributed by atoms with Crippen LogP contribution in [-0.2, 0) is 7.05 Å². The molecule has 0 saturated carbocycles. The zero-order chi connectivity index (χ0) is 6.85. The van der Waals surface area contributed by atoms with Crippen LogP contribution in [0.15, 0.2) is 5.38 Å². The van der Waals surface area contributed by atoms with Crippen LogP contribution in [0.25, 0.3) is 0 Å². The van der Waals surface area contributed by atoms with Crippen LogP contribution in [0.1, 0.15) is 5.69 Å². The minimum absolute atomic E-state index is 0. The Morgan fingerprint density at radius 1 is 1.60 bits per heavy atom. The smallest absolute Gasteiger partial charge is 0.333 e. The van der Waals surface area contributed by atoms with Gasteiger partial charge in [0.05, 0.1) is 14.1 Å². The number of nitrogens with one attached hydrogen (secondary N) is 1. The summed E-state index contributed by atoms with van der Waals surface area (Å²) in [5, 5.41) is 6.43. The minimum atomic E-state index is 0. The summed E-state index contributed by atoms with van der Waals surface area (Å²) in [6, 6.07) is 0. The molecule has 0 radical (unpaired) electrons. The Morgan fingerprint density at radius 3 is 2.40 bits per heavy atom. The highest BCUT2D eigenvalue weighted by Gasteiger charge is 2.06. The maximum atomic E-state index is 3.10. The Kier molecular flexibility index (Phi) is 3.68. The minimum Gasteiger partial charge on any atom is -1.00 e. The van der Waals surface area contributed by atoms with Crippen molar-refractivity contribution in [2.45, 2.75) is 6.92 Å². The average Bonchev–Trinajstić information content (AvgIpc) is 2.15. The Morgan fingerprint density at radius 2 is 2.20 bits per heavy atom. The first-order valence-electron chi connectivity index (χ1n) is 2.87. The third-order valence-electron chi connectivity index (χ3n) is 1.39. The predicted molar refractivity (Wildman–Crippen MR) is 39.8 cm³/mol. The van der Waals surface area contributed by atoms with Crippen molar-refractivity contribution in [1.82, 2.24) is 0 Å². The van der Waals surface area contributed by atoms with Gasteiger partial charge in [-0.3, -0.25) is 5.32 Å². The molecule has 1 heterocycles. The summed E-state index contributed by atoms with van der Waals surface area (Å²) in [7, 11) is 3.99. The number of aryl methyl sites for hydroxylation is 1. The molecule has 1 N–H and O–H groups in total. The second-order valence-corrected chi connectivity index (χ2v) is 2.85. The highest BCUT2D eigenvalue weighted by atomic mass is 35.5. The second kappa shape index (κ2) is 3.78. The molecule has 58 valence electrons. The maximum absolute atomic E-state index is 3.10. The van der Waals surface area contributed by atoms with Crippen molar-refractivity contribution in [1.29, 1.82) is 0 Å². The lowest BCUT2D eigenvalue weighted by Gasteiger charge is -1.89. The van der Waals surface area contributed by atoms with Crippen LogP contribution in [0, 0.1) is 6.92 Å². The van der Waals surface area contributed by atoms with E-state index in [9.17, 15) is 0 Å². The first-order chi connectivity index (χ1) is 4.25. The van der Waals surface area contributed by atoms with E-state index in [1.54, 1.807) is 11.3 Å². The summed E-state index contributed by atoms with van der Waals surface area (Å²) in [6.45, 7) is 2.09. The number of halogens is 1. The molecule has 0 atom stereocenters. The number of thiazole rings is 1. The maximum Gasteiger partial charge on any atom is 0.333 e. The van der Waals surface area contributed by atoms with Gasteiger partial charge < -0.3 is 12.4 Å². The van der Waals surface area contributed by atoms with Gasteiger partial charge in [0.1, 0.15) is 5.69 Å². The predicted octanol–water partition coefficient (Wildman–Crippen LogP) is -2.07. The molecule has 4 heteroatoms. The molecule has 0 amide bonds. The van der Waals surface area contributed by atoms with Gasteiger partial charge in [0, 0.05) is 5.38 Å². The zero-order valence-corrected chi connectivity index (χ0v) is 7.88. The summed E-state index contributed by atoms with van der Waals surface area (Å²) in [5.74, 6) is 0. The van der Waals surface area contributed by atoms with Crippen molar-refractivity contribution in [3.63, 3.8) is 0 Å². The largest absolute Gasteiger partial charge is 1.00 e. The molecule has 0 saturated heterocycles. The van der Waals surface area contributed by atoms with Crippen molar-refractivity contribution in [2.75, 3.05) is 12.4 Å². The Hall–Kier alpha value is -0.280. The number of anilines is 1. The van der Waals surface area contributed by atoms with Crippen LogP contribution in [0.3, 0.4) is 0 Å². The van der Waals surface area contributed by atoms with E-state index in [4.69, 9.17) is 0 Å². The van der Waals surface area contributed by atoms with Gasteiger partial charge in [-0.2, -0.15) is 0 Å². The summed E-state index contributed by atoms with van der Waals surface area (Å²) < 4.78 is 2.13.